The zero-order chi connectivity index (χ0) is 17.9. The van der Waals surface area contributed by atoms with Crippen LogP contribution in [-0.2, 0) is 4.79 Å². The first-order valence-electron chi connectivity index (χ1n) is 8.06. The van der Waals surface area contributed by atoms with Crippen molar-refractivity contribution < 1.29 is 14.6 Å². The second-order valence-electron chi connectivity index (χ2n) is 5.76. The molecule has 128 valence electrons. The van der Waals surface area contributed by atoms with Crippen LogP contribution in [0, 0.1) is 0 Å². The van der Waals surface area contributed by atoms with E-state index in [1.807, 2.05) is 48.5 Å². The number of ether oxygens (including phenoxy) is 1. The molecule has 4 rings (SSSR count). The quantitative estimate of drug-likeness (QED) is 0.525. The van der Waals surface area contributed by atoms with Gasteiger partial charge in [-0.2, -0.15) is 0 Å². The summed E-state index contributed by atoms with van der Waals surface area (Å²) in [6, 6.07) is 20.7. The Bertz CT molecular complexity index is 1130. The molecule has 0 atom stereocenters. The first-order chi connectivity index (χ1) is 12.7. The molecule has 0 saturated heterocycles. The summed E-state index contributed by atoms with van der Waals surface area (Å²) in [6.07, 6.45) is 0. The Morgan fingerprint density at radius 3 is 2.65 bits per heavy atom. The normalized spacial score (nSPS) is 11.4. The van der Waals surface area contributed by atoms with Crippen molar-refractivity contribution in [3.05, 3.63) is 66.7 Å². The van der Waals surface area contributed by atoms with Crippen LogP contribution in [0.15, 0.2) is 77.0 Å². The van der Waals surface area contributed by atoms with Crippen LogP contribution in [0.3, 0.4) is 0 Å². The zero-order valence-electron chi connectivity index (χ0n) is 13.7. The maximum absolute atomic E-state index is 11.9. The maximum atomic E-state index is 11.9. The number of H-pyrrole nitrogens is 1. The third kappa shape index (κ3) is 3.12. The monoisotopic (exact) mass is 345 g/mol. The molecule has 4 aromatic rings. The molecule has 1 heterocycles. The van der Waals surface area contributed by atoms with Gasteiger partial charge in [0.05, 0.1) is 5.52 Å². The van der Waals surface area contributed by atoms with Crippen LogP contribution in [0.5, 0.6) is 11.6 Å². The lowest BCUT2D eigenvalue weighted by Crippen LogP contribution is -2.07. The highest BCUT2D eigenvalue weighted by atomic mass is 16.5. The van der Waals surface area contributed by atoms with Gasteiger partial charge in [-0.25, -0.2) is 0 Å². The number of aromatic nitrogens is 1. The second kappa shape index (κ2) is 6.68. The highest BCUT2D eigenvalue weighted by Crippen LogP contribution is 2.35. The van der Waals surface area contributed by atoms with Crippen LogP contribution in [0.4, 0.5) is 5.69 Å². The van der Waals surface area contributed by atoms with Gasteiger partial charge in [0.15, 0.2) is 12.3 Å². The number of benzene rings is 3. The fraction of sp³-hybridized carbons (Fsp3) is 0.0500. The summed E-state index contributed by atoms with van der Waals surface area (Å²) in [4.78, 5) is 14.7. The van der Waals surface area contributed by atoms with Gasteiger partial charge in [0.1, 0.15) is 5.75 Å². The van der Waals surface area contributed by atoms with Crippen LogP contribution in [0.1, 0.15) is 0 Å². The van der Waals surface area contributed by atoms with Gasteiger partial charge in [0.25, 0.3) is 0 Å². The molecule has 0 saturated carbocycles. The summed E-state index contributed by atoms with van der Waals surface area (Å²) < 4.78 is 5.49. The molecule has 1 aromatic heterocycles. The van der Waals surface area contributed by atoms with Crippen LogP contribution in [-0.4, -0.2) is 22.6 Å². The van der Waals surface area contributed by atoms with Gasteiger partial charge in [-0.1, -0.05) is 48.5 Å². The highest BCUT2D eigenvalue weighted by Gasteiger charge is 2.10. The van der Waals surface area contributed by atoms with Gasteiger partial charge in [0, 0.05) is 5.39 Å². The number of carbonyl (C=O) groups is 1. The van der Waals surface area contributed by atoms with Crippen LogP contribution >= 0.6 is 0 Å². The summed E-state index contributed by atoms with van der Waals surface area (Å²) in [5, 5.41) is 20.2. The molecule has 0 spiro atoms. The first kappa shape index (κ1) is 15.8. The van der Waals surface area contributed by atoms with Crippen molar-refractivity contribution in [2.24, 2.45) is 10.2 Å². The molecule has 0 fully saturated rings. The van der Waals surface area contributed by atoms with Gasteiger partial charge < -0.3 is 14.8 Å². The van der Waals surface area contributed by atoms with Crippen LogP contribution in [0.25, 0.3) is 21.7 Å². The number of fused-ring (bicyclic) bond motifs is 2. The Labute approximate surface area is 148 Å². The molecule has 3 aromatic carbocycles. The largest absolute Gasteiger partial charge is 0.493 e. The predicted molar refractivity (Wildman–Crippen MR) is 98.9 cm³/mol. The molecular formula is C20H15N3O3. The molecule has 0 aliphatic carbocycles. The number of carbonyl (C=O) groups excluding carboxylic acids is 1. The standard InChI is InChI=1S/C20H15N3O3/c24-18(12-26-15-10-9-13-5-1-2-6-14(13)11-15)22-23-19-16-7-3-4-8-17(16)21-20(19)25/h1-11,21,25H,12H2. The number of aromatic hydroxyl groups is 1. The maximum Gasteiger partial charge on any atom is 0.302 e. The van der Waals surface area contributed by atoms with E-state index in [1.54, 1.807) is 18.2 Å². The van der Waals surface area contributed by atoms with E-state index in [0.717, 1.165) is 16.3 Å². The first-order valence-corrected chi connectivity index (χ1v) is 8.06. The van der Waals surface area contributed by atoms with Crippen molar-refractivity contribution in [2.75, 3.05) is 6.61 Å². The molecule has 0 bridgehead atoms. The third-order valence-corrected chi connectivity index (χ3v) is 4.00. The molecule has 0 aliphatic heterocycles. The third-order valence-electron chi connectivity index (χ3n) is 4.00. The number of nitrogens with one attached hydrogen (secondary N) is 1. The molecule has 1 amide bonds. The average Bonchev–Trinajstić information content (AvgIpc) is 2.99. The lowest BCUT2D eigenvalue weighted by molar-refractivity contribution is -0.120. The molecule has 2 N–H and O–H groups in total. The predicted octanol–water partition coefficient (Wildman–Crippen LogP) is 4.72. The van der Waals surface area contributed by atoms with Crippen molar-refractivity contribution >= 4 is 33.3 Å². The van der Waals surface area contributed by atoms with Gasteiger partial charge in [-0.3, -0.25) is 4.79 Å². The Morgan fingerprint density at radius 1 is 1.00 bits per heavy atom. The number of aromatic amines is 1. The van der Waals surface area contributed by atoms with E-state index in [1.165, 1.54) is 0 Å². The summed E-state index contributed by atoms with van der Waals surface area (Å²) in [6.45, 7) is -0.231. The van der Waals surface area contributed by atoms with E-state index in [-0.39, 0.29) is 18.2 Å². The number of para-hydroxylation sites is 1. The fourth-order valence-corrected chi connectivity index (χ4v) is 2.75. The van der Waals surface area contributed by atoms with E-state index in [4.69, 9.17) is 4.74 Å². The number of hydrogen-bond acceptors (Lipinski definition) is 4. The Morgan fingerprint density at radius 2 is 1.77 bits per heavy atom. The minimum atomic E-state index is -0.539. The smallest absolute Gasteiger partial charge is 0.302 e. The Kier molecular flexibility index (Phi) is 4.07. The minimum Gasteiger partial charge on any atom is -0.493 e. The van der Waals surface area contributed by atoms with E-state index < -0.39 is 5.91 Å². The Balaban J connectivity index is 1.46. The molecule has 0 unspecified atom stereocenters. The summed E-state index contributed by atoms with van der Waals surface area (Å²) in [5.74, 6) is -0.0803. The number of nitrogens with zero attached hydrogens (tertiary/aromatic N) is 2. The van der Waals surface area contributed by atoms with Gasteiger partial charge in [-0.05, 0) is 29.0 Å². The fourth-order valence-electron chi connectivity index (χ4n) is 2.75. The summed E-state index contributed by atoms with van der Waals surface area (Å²) >= 11 is 0. The van der Waals surface area contributed by atoms with Crippen molar-refractivity contribution in [2.45, 2.75) is 0 Å². The van der Waals surface area contributed by atoms with Crippen molar-refractivity contribution in [3.8, 4) is 11.6 Å². The van der Waals surface area contributed by atoms with E-state index in [2.05, 4.69) is 15.2 Å². The number of amides is 1. The second-order valence-corrected chi connectivity index (χ2v) is 5.76. The molecular weight excluding hydrogens is 330 g/mol. The molecule has 6 nitrogen and oxygen atoms in total. The molecule has 0 radical (unpaired) electrons. The molecule has 26 heavy (non-hydrogen) atoms. The van der Waals surface area contributed by atoms with Gasteiger partial charge in [0.2, 0.25) is 5.88 Å². The number of rotatable bonds is 4. The van der Waals surface area contributed by atoms with Crippen molar-refractivity contribution in [1.29, 1.82) is 0 Å². The highest BCUT2D eigenvalue weighted by molar-refractivity contribution is 5.94. The molecule has 6 heteroatoms. The zero-order valence-corrected chi connectivity index (χ0v) is 13.7. The van der Waals surface area contributed by atoms with Crippen LogP contribution < -0.4 is 4.74 Å². The lowest BCUT2D eigenvalue weighted by Gasteiger charge is -2.04. The van der Waals surface area contributed by atoms with Gasteiger partial charge in [-0.15, -0.1) is 10.2 Å². The summed E-state index contributed by atoms with van der Waals surface area (Å²) in [7, 11) is 0. The van der Waals surface area contributed by atoms with Crippen molar-refractivity contribution in [3.63, 3.8) is 0 Å². The summed E-state index contributed by atoms with van der Waals surface area (Å²) in [5.41, 5.74) is 0.957. The topological polar surface area (TPSA) is 87.0 Å². The number of hydrogen-bond donors (Lipinski definition) is 2. The number of azo groups is 1. The van der Waals surface area contributed by atoms with E-state index >= 15 is 0 Å². The minimum absolute atomic E-state index is 0.127. The van der Waals surface area contributed by atoms with Crippen LogP contribution in [0.2, 0.25) is 0 Å². The Hall–Kier alpha value is -3.67. The SMILES string of the molecule is O=C(COc1ccc2ccccc2c1)N=Nc1c(O)[nH]c2ccccc12. The lowest BCUT2D eigenvalue weighted by atomic mass is 10.1. The van der Waals surface area contributed by atoms with E-state index in [0.29, 0.717) is 11.1 Å². The van der Waals surface area contributed by atoms with Gasteiger partial charge >= 0.3 is 5.91 Å². The average molecular weight is 345 g/mol. The van der Waals surface area contributed by atoms with Crippen molar-refractivity contribution in [1.82, 2.24) is 4.98 Å². The molecule has 0 aliphatic rings. The van der Waals surface area contributed by atoms with E-state index in [9.17, 15) is 9.90 Å².